The lowest BCUT2D eigenvalue weighted by Crippen LogP contribution is -2.19. The van der Waals surface area contributed by atoms with Crippen molar-refractivity contribution in [2.75, 3.05) is 12.8 Å². The quantitative estimate of drug-likeness (QED) is 0.728. The summed E-state index contributed by atoms with van der Waals surface area (Å²) in [6.07, 6.45) is 0.877. The van der Waals surface area contributed by atoms with Crippen LogP contribution in [0.4, 0.5) is 5.69 Å². The van der Waals surface area contributed by atoms with Crippen LogP contribution < -0.4 is 11.1 Å². The van der Waals surface area contributed by atoms with Gasteiger partial charge >= 0.3 is 0 Å². The normalized spacial score (nSPS) is 12.6. The van der Waals surface area contributed by atoms with Gasteiger partial charge in [-0.2, -0.15) is 0 Å². The van der Waals surface area contributed by atoms with Gasteiger partial charge in [-0.25, -0.2) is 0 Å². The molecule has 3 N–H and O–H groups in total. The van der Waals surface area contributed by atoms with Gasteiger partial charge in [-0.05, 0) is 71.0 Å². The molecule has 19 heavy (non-hydrogen) atoms. The van der Waals surface area contributed by atoms with Crippen molar-refractivity contribution in [2.24, 2.45) is 0 Å². The van der Waals surface area contributed by atoms with Crippen LogP contribution in [0.1, 0.15) is 22.0 Å². The monoisotopic (exact) mass is 402 g/mol. The summed E-state index contributed by atoms with van der Waals surface area (Å²) in [5, 5.41) is 5.52. The van der Waals surface area contributed by atoms with Crippen molar-refractivity contribution in [3.05, 3.63) is 48.5 Å². The third kappa shape index (κ3) is 3.40. The predicted octanol–water partition coefficient (Wildman–Crippen LogP) is 4.67. The fourth-order valence-corrected chi connectivity index (χ4v) is 4.45. The van der Waals surface area contributed by atoms with E-state index in [0.29, 0.717) is 6.04 Å². The number of rotatable bonds is 4. The molecule has 2 rings (SSSR count). The van der Waals surface area contributed by atoms with E-state index in [1.807, 2.05) is 13.1 Å². The van der Waals surface area contributed by atoms with E-state index in [2.05, 4.69) is 61.6 Å². The molecule has 0 saturated heterocycles. The van der Waals surface area contributed by atoms with E-state index in [4.69, 9.17) is 5.73 Å². The van der Waals surface area contributed by atoms with Crippen LogP contribution in [0, 0.1) is 6.92 Å². The summed E-state index contributed by atoms with van der Waals surface area (Å²) in [6, 6.07) is 6.52. The Hall–Kier alpha value is -0.360. The second-order valence-electron chi connectivity index (χ2n) is 4.47. The topological polar surface area (TPSA) is 38.0 Å². The summed E-state index contributed by atoms with van der Waals surface area (Å²) in [5.74, 6) is 0. The minimum atomic E-state index is 0.295. The second kappa shape index (κ2) is 6.39. The number of nitrogens with one attached hydrogen (secondary N) is 1. The molecule has 0 spiro atoms. The van der Waals surface area contributed by atoms with Crippen LogP contribution in [0.25, 0.3) is 0 Å². The molecule has 2 aromatic rings. The molecule has 0 bridgehead atoms. The van der Waals surface area contributed by atoms with Crippen molar-refractivity contribution in [2.45, 2.75) is 19.4 Å². The first-order valence-electron chi connectivity index (χ1n) is 5.97. The fourth-order valence-electron chi connectivity index (χ4n) is 2.09. The van der Waals surface area contributed by atoms with E-state index in [-0.39, 0.29) is 0 Å². The van der Waals surface area contributed by atoms with Crippen LogP contribution >= 0.6 is 43.2 Å². The fraction of sp³-hybridized carbons (Fsp3) is 0.286. The van der Waals surface area contributed by atoms with E-state index >= 15 is 0 Å². The van der Waals surface area contributed by atoms with Gasteiger partial charge in [0.1, 0.15) is 0 Å². The third-order valence-corrected chi connectivity index (χ3v) is 5.42. The molecule has 1 aromatic heterocycles. The molecule has 0 saturated carbocycles. The molecule has 0 aliphatic heterocycles. The zero-order chi connectivity index (χ0) is 14.0. The van der Waals surface area contributed by atoms with Gasteiger partial charge in [-0.1, -0.05) is 15.9 Å². The lowest BCUT2D eigenvalue weighted by atomic mass is 10.0. The molecule has 1 unspecified atom stereocenters. The molecule has 1 heterocycles. The van der Waals surface area contributed by atoms with E-state index in [0.717, 1.165) is 26.6 Å². The van der Waals surface area contributed by atoms with Crippen molar-refractivity contribution in [1.82, 2.24) is 5.32 Å². The highest BCUT2D eigenvalue weighted by Gasteiger charge is 2.16. The van der Waals surface area contributed by atoms with Crippen LogP contribution in [-0.2, 0) is 6.42 Å². The Balaban J connectivity index is 2.31. The number of halogens is 2. The molecule has 0 aliphatic carbocycles. The maximum Gasteiger partial charge on any atom is 0.0492 e. The van der Waals surface area contributed by atoms with Gasteiger partial charge < -0.3 is 11.1 Å². The molecule has 5 heteroatoms. The number of anilines is 1. The highest BCUT2D eigenvalue weighted by atomic mass is 79.9. The minimum absolute atomic E-state index is 0.295. The highest BCUT2D eigenvalue weighted by molar-refractivity contribution is 9.11. The minimum Gasteiger partial charge on any atom is -0.398 e. The molecule has 0 amide bonds. The van der Waals surface area contributed by atoms with Crippen molar-refractivity contribution in [3.8, 4) is 0 Å². The molecule has 1 aromatic carbocycles. The van der Waals surface area contributed by atoms with Gasteiger partial charge in [-0.3, -0.25) is 0 Å². The van der Waals surface area contributed by atoms with Crippen molar-refractivity contribution in [3.63, 3.8) is 0 Å². The summed E-state index contributed by atoms with van der Waals surface area (Å²) >= 11 is 8.81. The van der Waals surface area contributed by atoms with Crippen molar-refractivity contribution in [1.29, 1.82) is 0 Å². The Bertz CT molecular complexity index is 581. The lowest BCUT2D eigenvalue weighted by Gasteiger charge is -2.18. The summed E-state index contributed by atoms with van der Waals surface area (Å²) in [4.78, 5) is 1.37. The second-order valence-corrected chi connectivity index (χ2v) is 7.19. The first-order chi connectivity index (χ1) is 9.02. The van der Waals surface area contributed by atoms with Gasteiger partial charge in [0.15, 0.2) is 0 Å². The Labute approximate surface area is 134 Å². The predicted molar refractivity (Wildman–Crippen MR) is 90.8 cm³/mol. The lowest BCUT2D eigenvalue weighted by molar-refractivity contribution is 0.600. The molecule has 102 valence electrons. The van der Waals surface area contributed by atoms with Crippen LogP contribution in [0.5, 0.6) is 0 Å². The van der Waals surface area contributed by atoms with Crippen LogP contribution in [0.3, 0.4) is 0 Å². The Morgan fingerprint density at radius 3 is 2.68 bits per heavy atom. The summed E-state index contributed by atoms with van der Waals surface area (Å²) in [7, 11) is 1.99. The maximum atomic E-state index is 6.15. The highest BCUT2D eigenvalue weighted by Crippen LogP contribution is 2.33. The van der Waals surface area contributed by atoms with Crippen LogP contribution in [-0.4, -0.2) is 7.05 Å². The van der Waals surface area contributed by atoms with Crippen molar-refractivity contribution < 1.29 is 0 Å². The van der Waals surface area contributed by atoms with Gasteiger partial charge in [0.2, 0.25) is 0 Å². The Morgan fingerprint density at radius 2 is 2.11 bits per heavy atom. The molecule has 1 atom stereocenters. The van der Waals surface area contributed by atoms with E-state index in [1.165, 1.54) is 10.4 Å². The molecule has 2 nitrogen and oxygen atoms in total. The number of nitrogens with two attached hydrogens (primary N) is 1. The zero-order valence-electron chi connectivity index (χ0n) is 10.8. The molecule has 0 radical (unpaired) electrons. The number of nitrogen functional groups attached to an aromatic ring is 1. The average Bonchev–Trinajstić information content (AvgIpc) is 2.78. The first kappa shape index (κ1) is 15.0. The summed E-state index contributed by atoms with van der Waals surface area (Å²) < 4.78 is 1.98. The van der Waals surface area contributed by atoms with Gasteiger partial charge in [-0.15, -0.1) is 11.3 Å². The summed E-state index contributed by atoms with van der Waals surface area (Å²) in [6.45, 7) is 2.15. The van der Waals surface area contributed by atoms with E-state index < -0.39 is 0 Å². The Morgan fingerprint density at radius 1 is 1.37 bits per heavy atom. The number of likely N-dealkylation sites (N-methyl/N-ethyl adjacent to an activating group) is 1. The van der Waals surface area contributed by atoms with Gasteiger partial charge in [0.25, 0.3) is 0 Å². The van der Waals surface area contributed by atoms with Crippen LogP contribution in [0.15, 0.2) is 32.5 Å². The van der Waals surface area contributed by atoms with E-state index in [9.17, 15) is 0 Å². The number of hydrogen-bond donors (Lipinski definition) is 2. The third-order valence-electron chi connectivity index (χ3n) is 3.17. The van der Waals surface area contributed by atoms with Gasteiger partial charge in [0, 0.05) is 25.6 Å². The van der Waals surface area contributed by atoms with Gasteiger partial charge in [0.05, 0.1) is 0 Å². The zero-order valence-corrected chi connectivity index (χ0v) is 14.8. The number of benzene rings is 1. The molecular weight excluding hydrogens is 388 g/mol. The Kier molecular flexibility index (Phi) is 5.06. The summed E-state index contributed by atoms with van der Waals surface area (Å²) in [5.41, 5.74) is 9.45. The number of thiophene rings is 1. The van der Waals surface area contributed by atoms with E-state index in [1.54, 1.807) is 11.3 Å². The first-order valence-corrected chi connectivity index (χ1v) is 8.44. The number of hydrogen-bond acceptors (Lipinski definition) is 3. The molecular formula is C14H16Br2N2S. The van der Waals surface area contributed by atoms with Crippen molar-refractivity contribution >= 4 is 48.9 Å². The maximum absolute atomic E-state index is 6.15. The average molecular weight is 404 g/mol. The van der Waals surface area contributed by atoms with Crippen LogP contribution in [0.2, 0.25) is 0 Å². The molecule has 0 aliphatic rings. The largest absolute Gasteiger partial charge is 0.398 e. The standard InChI is InChI=1S/C14H16Br2N2S/c1-8-3-4-19-14(8)12(18-2)6-9-5-10(15)7-11(16)13(9)17/h3-5,7,12,18H,6,17H2,1-2H3. The number of aryl methyl sites for hydroxylation is 1. The molecule has 0 fully saturated rings. The smallest absolute Gasteiger partial charge is 0.0492 e. The SMILES string of the molecule is CNC(Cc1cc(Br)cc(Br)c1N)c1sccc1C.